The van der Waals surface area contributed by atoms with Crippen molar-refractivity contribution < 1.29 is 19.1 Å². The van der Waals surface area contributed by atoms with Crippen molar-refractivity contribution in [1.82, 2.24) is 4.98 Å². The summed E-state index contributed by atoms with van der Waals surface area (Å²) in [4.78, 5) is 43.5. The van der Waals surface area contributed by atoms with Gasteiger partial charge in [0.1, 0.15) is 0 Å². The van der Waals surface area contributed by atoms with Crippen molar-refractivity contribution in [2.75, 3.05) is 10.2 Å². The van der Waals surface area contributed by atoms with E-state index in [1.807, 2.05) is 5.38 Å². The standard InChI is InChI=1S/C22H25N3O4S/c1-14(20(27)25(22-23-11-12-30-22)17-5-3-2-4-6-17)29-21(28)16-7-9-18-15(13-16)8-10-19(26)24-18/h7,9,11-14,17H,2-6,8,10H2,1H3,(H,24,26). The molecule has 30 heavy (non-hydrogen) atoms. The van der Waals surface area contributed by atoms with Crippen molar-refractivity contribution in [2.45, 2.75) is 64.0 Å². The minimum Gasteiger partial charge on any atom is -0.449 e. The summed E-state index contributed by atoms with van der Waals surface area (Å²) in [6, 6.07) is 5.14. The number of amides is 2. The number of carbonyl (C=O) groups is 3. The van der Waals surface area contributed by atoms with Crippen LogP contribution in [0.2, 0.25) is 0 Å². The predicted molar refractivity (Wildman–Crippen MR) is 115 cm³/mol. The first kappa shape index (κ1) is 20.5. The summed E-state index contributed by atoms with van der Waals surface area (Å²) < 4.78 is 5.54. The number of esters is 1. The third kappa shape index (κ3) is 4.38. The Kier molecular flexibility index (Phi) is 6.13. The summed E-state index contributed by atoms with van der Waals surface area (Å²) in [6.45, 7) is 1.61. The van der Waals surface area contributed by atoms with Gasteiger partial charge in [0.2, 0.25) is 5.91 Å². The van der Waals surface area contributed by atoms with Crippen LogP contribution in [0, 0.1) is 0 Å². The van der Waals surface area contributed by atoms with Crippen molar-refractivity contribution in [3.63, 3.8) is 0 Å². The predicted octanol–water partition coefficient (Wildman–Crippen LogP) is 3.94. The number of carbonyl (C=O) groups excluding carboxylic acids is 3. The lowest BCUT2D eigenvalue weighted by Gasteiger charge is -2.33. The average Bonchev–Trinajstić information content (AvgIpc) is 3.28. The Hall–Kier alpha value is -2.74. The Balaban J connectivity index is 1.47. The zero-order chi connectivity index (χ0) is 21.1. The average molecular weight is 428 g/mol. The fourth-order valence-electron chi connectivity index (χ4n) is 4.09. The molecule has 0 bridgehead atoms. The van der Waals surface area contributed by atoms with E-state index >= 15 is 0 Å². The molecule has 2 aliphatic rings. The first-order chi connectivity index (χ1) is 14.5. The third-order valence-corrected chi connectivity index (χ3v) is 6.44. The monoisotopic (exact) mass is 427 g/mol. The van der Waals surface area contributed by atoms with Crippen LogP contribution in [0.15, 0.2) is 29.8 Å². The molecule has 0 spiro atoms. The first-order valence-electron chi connectivity index (χ1n) is 10.4. The topological polar surface area (TPSA) is 88.6 Å². The Bertz CT molecular complexity index is 938. The summed E-state index contributed by atoms with van der Waals surface area (Å²) in [6.07, 6.45) is 6.95. The van der Waals surface area contributed by atoms with Gasteiger partial charge < -0.3 is 10.1 Å². The highest BCUT2D eigenvalue weighted by atomic mass is 32.1. The van der Waals surface area contributed by atoms with E-state index in [-0.39, 0.29) is 17.9 Å². The van der Waals surface area contributed by atoms with E-state index in [4.69, 9.17) is 4.74 Å². The number of thiazole rings is 1. The second-order valence-electron chi connectivity index (χ2n) is 7.78. The van der Waals surface area contributed by atoms with Crippen molar-refractivity contribution in [2.24, 2.45) is 0 Å². The molecular weight excluding hydrogens is 402 g/mol. The Morgan fingerprint density at radius 2 is 2.03 bits per heavy atom. The maximum absolute atomic E-state index is 13.2. The van der Waals surface area contributed by atoms with Crippen LogP contribution < -0.4 is 10.2 Å². The van der Waals surface area contributed by atoms with Gasteiger partial charge in [0.05, 0.1) is 5.56 Å². The van der Waals surface area contributed by atoms with Gasteiger partial charge in [0.15, 0.2) is 11.2 Å². The quantitative estimate of drug-likeness (QED) is 0.730. The molecule has 2 heterocycles. The molecule has 1 aliphatic carbocycles. The number of fused-ring (bicyclic) bond motifs is 1. The second kappa shape index (κ2) is 8.95. The largest absolute Gasteiger partial charge is 0.449 e. The lowest BCUT2D eigenvalue weighted by atomic mass is 9.94. The van der Waals surface area contributed by atoms with E-state index in [2.05, 4.69) is 10.3 Å². The molecule has 1 saturated carbocycles. The Morgan fingerprint density at radius 3 is 2.77 bits per heavy atom. The van der Waals surface area contributed by atoms with Gasteiger partial charge >= 0.3 is 5.97 Å². The van der Waals surface area contributed by atoms with E-state index in [0.717, 1.165) is 36.9 Å². The van der Waals surface area contributed by atoms with Gasteiger partial charge in [-0.25, -0.2) is 9.78 Å². The number of hydrogen-bond donors (Lipinski definition) is 1. The zero-order valence-electron chi connectivity index (χ0n) is 16.9. The molecule has 1 fully saturated rings. The highest BCUT2D eigenvalue weighted by Gasteiger charge is 2.33. The van der Waals surface area contributed by atoms with Crippen molar-refractivity contribution in [3.05, 3.63) is 40.9 Å². The molecular formula is C22H25N3O4S. The molecule has 2 amide bonds. The normalized spacial score (nSPS) is 17.6. The van der Waals surface area contributed by atoms with Gasteiger partial charge in [-0.1, -0.05) is 19.3 Å². The molecule has 0 saturated heterocycles. The zero-order valence-corrected chi connectivity index (χ0v) is 17.7. The van der Waals surface area contributed by atoms with E-state index < -0.39 is 12.1 Å². The third-order valence-electron chi connectivity index (χ3n) is 5.67. The molecule has 8 heteroatoms. The van der Waals surface area contributed by atoms with Crippen LogP contribution in [0.1, 0.15) is 61.4 Å². The summed E-state index contributed by atoms with van der Waals surface area (Å²) in [5.41, 5.74) is 2.00. The molecule has 1 aromatic heterocycles. The number of aryl methyl sites for hydroxylation is 1. The van der Waals surface area contributed by atoms with E-state index in [1.54, 1.807) is 36.2 Å². The minimum atomic E-state index is -0.918. The number of nitrogens with one attached hydrogen (secondary N) is 1. The molecule has 1 unspecified atom stereocenters. The van der Waals surface area contributed by atoms with Gasteiger partial charge in [-0.3, -0.25) is 14.5 Å². The molecule has 1 N–H and O–H groups in total. The van der Waals surface area contributed by atoms with E-state index in [0.29, 0.717) is 23.5 Å². The molecule has 7 nitrogen and oxygen atoms in total. The number of anilines is 2. The molecule has 158 valence electrons. The Morgan fingerprint density at radius 1 is 1.23 bits per heavy atom. The minimum absolute atomic E-state index is 0.0259. The molecule has 2 aromatic rings. The molecule has 1 atom stereocenters. The highest BCUT2D eigenvalue weighted by Crippen LogP contribution is 2.30. The number of benzene rings is 1. The summed E-state index contributed by atoms with van der Waals surface area (Å²) in [5, 5.41) is 5.29. The SMILES string of the molecule is CC(OC(=O)c1ccc2c(c1)CCC(=O)N2)C(=O)N(c1nccs1)C1CCCCC1. The van der Waals surface area contributed by atoms with Crippen LogP contribution in [0.3, 0.4) is 0 Å². The van der Waals surface area contributed by atoms with E-state index in [9.17, 15) is 14.4 Å². The van der Waals surface area contributed by atoms with E-state index in [1.165, 1.54) is 17.8 Å². The fraction of sp³-hybridized carbons (Fsp3) is 0.455. The summed E-state index contributed by atoms with van der Waals surface area (Å²) in [5.74, 6) is -0.809. The highest BCUT2D eigenvalue weighted by molar-refractivity contribution is 7.13. The van der Waals surface area contributed by atoms with Gasteiger partial charge in [-0.2, -0.15) is 0 Å². The fourth-order valence-corrected chi connectivity index (χ4v) is 4.81. The van der Waals surface area contributed by atoms with Gasteiger partial charge in [0.25, 0.3) is 5.91 Å². The number of hydrogen-bond acceptors (Lipinski definition) is 6. The molecule has 0 radical (unpaired) electrons. The van der Waals surface area contributed by atoms with Crippen molar-refractivity contribution in [3.8, 4) is 0 Å². The second-order valence-corrected chi connectivity index (χ2v) is 8.66. The van der Waals surface area contributed by atoms with Crippen molar-refractivity contribution >= 4 is 39.9 Å². The number of aromatic nitrogens is 1. The van der Waals surface area contributed by atoms with Crippen molar-refractivity contribution in [1.29, 1.82) is 0 Å². The lowest BCUT2D eigenvalue weighted by molar-refractivity contribution is -0.127. The number of ether oxygens (including phenoxy) is 1. The molecule has 1 aromatic carbocycles. The molecule has 1 aliphatic heterocycles. The first-order valence-corrected chi connectivity index (χ1v) is 11.3. The van der Waals surface area contributed by atoms with Crippen LogP contribution in [0.5, 0.6) is 0 Å². The molecule has 4 rings (SSSR count). The van der Waals surface area contributed by atoms with Crippen LogP contribution in [-0.2, 0) is 20.7 Å². The maximum Gasteiger partial charge on any atom is 0.338 e. The summed E-state index contributed by atoms with van der Waals surface area (Å²) in [7, 11) is 0. The van der Waals surface area contributed by atoms with Gasteiger partial charge in [0, 0.05) is 29.7 Å². The Labute approximate surface area is 179 Å². The van der Waals surface area contributed by atoms with Crippen LogP contribution in [0.4, 0.5) is 10.8 Å². The number of nitrogens with zero attached hydrogens (tertiary/aromatic N) is 2. The van der Waals surface area contributed by atoms with Crippen LogP contribution in [-0.4, -0.2) is 34.9 Å². The van der Waals surface area contributed by atoms with Gasteiger partial charge in [-0.05, 0) is 49.9 Å². The maximum atomic E-state index is 13.2. The van der Waals surface area contributed by atoms with Gasteiger partial charge in [-0.15, -0.1) is 11.3 Å². The lowest BCUT2D eigenvalue weighted by Crippen LogP contribution is -2.47. The number of rotatable bonds is 5. The van der Waals surface area contributed by atoms with Crippen LogP contribution in [0.25, 0.3) is 0 Å². The smallest absolute Gasteiger partial charge is 0.338 e. The van der Waals surface area contributed by atoms with Crippen LogP contribution >= 0.6 is 11.3 Å². The summed E-state index contributed by atoms with van der Waals surface area (Å²) >= 11 is 1.42.